The van der Waals surface area contributed by atoms with Crippen LogP contribution in [-0.4, -0.2) is 16.9 Å². The number of halogens is 1. The van der Waals surface area contributed by atoms with Gasteiger partial charge in [0.05, 0.1) is 12.1 Å². The molecule has 1 atom stereocenters. The highest BCUT2D eigenvalue weighted by Crippen LogP contribution is 2.29. The molecule has 0 saturated carbocycles. The Balaban J connectivity index is 2.27. The van der Waals surface area contributed by atoms with E-state index in [4.69, 9.17) is 0 Å². The van der Waals surface area contributed by atoms with Gasteiger partial charge in [0.1, 0.15) is 5.92 Å². The van der Waals surface area contributed by atoms with Gasteiger partial charge >= 0.3 is 11.9 Å². The zero-order valence-corrected chi connectivity index (χ0v) is 8.72. The zero-order valence-electron chi connectivity index (χ0n) is 6.32. The summed E-state index contributed by atoms with van der Waals surface area (Å²) in [6, 6.07) is 0. The number of hydrogen-bond acceptors (Lipinski definition) is 5. The molecular formula is C7H4BrNO3S. The fraction of sp³-hybridized carbons (Fsp3) is 0.286. The smallest absolute Gasteiger partial charge is 0.323 e. The molecule has 1 aromatic rings. The van der Waals surface area contributed by atoms with Crippen LogP contribution in [0.15, 0.2) is 9.30 Å². The summed E-state index contributed by atoms with van der Waals surface area (Å²) in [5.41, 5.74) is 0.604. The molecule has 0 aliphatic carbocycles. The van der Waals surface area contributed by atoms with E-state index in [2.05, 4.69) is 25.7 Å². The predicted molar refractivity (Wildman–Crippen MR) is 48.3 cm³/mol. The van der Waals surface area contributed by atoms with E-state index in [0.29, 0.717) is 9.61 Å². The quantitative estimate of drug-likeness (QED) is 0.568. The van der Waals surface area contributed by atoms with Crippen LogP contribution in [0.25, 0.3) is 0 Å². The maximum Gasteiger partial charge on any atom is 0.323 e. The monoisotopic (exact) mass is 261 g/mol. The maximum atomic E-state index is 11.1. The van der Waals surface area contributed by atoms with Crippen LogP contribution in [0.2, 0.25) is 0 Å². The third-order valence-corrected chi connectivity index (χ3v) is 3.10. The van der Waals surface area contributed by atoms with Crippen LogP contribution in [0.5, 0.6) is 0 Å². The molecule has 0 aromatic carbocycles. The minimum Gasteiger partial charge on any atom is -0.393 e. The third-order valence-electron chi connectivity index (χ3n) is 1.72. The van der Waals surface area contributed by atoms with Crippen molar-refractivity contribution in [3.63, 3.8) is 0 Å². The van der Waals surface area contributed by atoms with Crippen molar-refractivity contribution in [3.05, 3.63) is 15.0 Å². The number of esters is 2. The van der Waals surface area contributed by atoms with Crippen molar-refractivity contribution in [1.29, 1.82) is 0 Å². The number of aromatic nitrogens is 1. The van der Waals surface area contributed by atoms with Gasteiger partial charge in [0.15, 0.2) is 3.92 Å². The average Bonchev–Trinajstić information content (AvgIpc) is 2.58. The summed E-state index contributed by atoms with van der Waals surface area (Å²) in [5.74, 6) is -1.48. The van der Waals surface area contributed by atoms with E-state index >= 15 is 0 Å². The Morgan fingerprint density at radius 3 is 2.85 bits per heavy atom. The Hall–Kier alpha value is -0.750. The van der Waals surface area contributed by atoms with Crippen molar-refractivity contribution >= 4 is 39.2 Å². The molecule has 0 bridgehead atoms. The van der Waals surface area contributed by atoms with Crippen LogP contribution < -0.4 is 0 Å². The van der Waals surface area contributed by atoms with Crippen LogP contribution in [0, 0.1) is 0 Å². The Labute approximate surface area is 86.0 Å². The van der Waals surface area contributed by atoms with Crippen LogP contribution in [0.4, 0.5) is 0 Å². The highest BCUT2D eigenvalue weighted by molar-refractivity contribution is 9.11. The fourth-order valence-electron chi connectivity index (χ4n) is 1.12. The number of carbonyl (C=O) groups is 2. The molecule has 2 rings (SSSR count). The Bertz CT molecular complexity index is 376. The van der Waals surface area contributed by atoms with Gasteiger partial charge in [-0.2, -0.15) is 0 Å². The molecule has 13 heavy (non-hydrogen) atoms. The second-order valence-electron chi connectivity index (χ2n) is 2.58. The van der Waals surface area contributed by atoms with Gasteiger partial charge in [-0.25, -0.2) is 4.98 Å². The number of thiazole rings is 1. The summed E-state index contributed by atoms with van der Waals surface area (Å²) in [6.45, 7) is 0. The van der Waals surface area contributed by atoms with Gasteiger partial charge in [-0.3, -0.25) is 9.59 Å². The van der Waals surface area contributed by atoms with Crippen LogP contribution in [0.3, 0.4) is 0 Å². The van der Waals surface area contributed by atoms with E-state index in [1.54, 1.807) is 5.38 Å². The molecule has 0 amide bonds. The van der Waals surface area contributed by atoms with E-state index < -0.39 is 17.9 Å². The van der Waals surface area contributed by atoms with Crippen LogP contribution >= 0.6 is 27.3 Å². The molecule has 1 unspecified atom stereocenters. The second-order valence-corrected chi connectivity index (χ2v) is 4.71. The highest BCUT2D eigenvalue weighted by atomic mass is 79.9. The lowest BCUT2D eigenvalue weighted by atomic mass is 10.1. The number of carbonyl (C=O) groups excluding carboxylic acids is 2. The summed E-state index contributed by atoms with van der Waals surface area (Å²) >= 11 is 4.57. The van der Waals surface area contributed by atoms with Gasteiger partial charge in [-0.1, -0.05) is 0 Å². The lowest BCUT2D eigenvalue weighted by Crippen LogP contribution is -2.05. The molecule has 6 heteroatoms. The standard InChI is InChI=1S/C7H4BrNO3S/c8-7-9-4(2-13-7)3-1-5(10)12-6(3)11/h2-3H,1H2. The summed E-state index contributed by atoms with van der Waals surface area (Å²) in [6.07, 6.45) is 0.106. The van der Waals surface area contributed by atoms with Crippen LogP contribution in [-0.2, 0) is 14.3 Å². The number of cyclic esters (lactones) is 2. The van der Waals surface area contributed by atoms with Gasteiger partial charge < -0.3 is 4.74 Å². The minimum absolute atomic E-state index is 0.106. The lowest BCUT2D eigenvalue weighted by molar-refractivity contribution is -0.152. The lowest BCUT2D eigenvalue weighted by Gasteiger charge is -1.96. The second kappa shape index (κ2) is 3.19. The molecule has 1 aliphatic heterocycles. The van der Waals surface area contributed by atoms with E-state index in [0.717, 1.165) is 0 Å². The Kier molecular flexibility index (Phi) is 2.17. The van der Waals surface area contributed by atoms with Gasteiger partial charge in [-0.05, 0) is 15.9 Å². The fourth-order valence-corrected chi connectivity index (χ4v) is 2.20. The van der Waals surface area contributed by atoms with E-state index in [1.807, 2.05) is 0 Å². The van der Waals surface area contributed by atoms with E-state index in [-0.39, 0.29) is 6.42 Å². The average molecular weight is 262 g/mol. The molecule has 0 spiro atoms. The first-order chi connectivity index (χ1) is 6.16. The number of hydrogen-bond donors (Lipinski definition) is 0. The Morgan fingerprint density at radius 2 is 2.38 bits per heavy atom. The number of ether oxygens (including phenoxy) is 1. The van der Waals surface area contributed by atoms with Crippen molar-refractivity contribution in [3.8, 4) is 0 Å². The zero-order chi connectivity index (χ0) is 9.42. The van der Waals surface area contributed by atoms with Gasteiger partial charge in [-0.15, -0.1) is 11.3 Å². The molecule has 1 fully saturated rings. The predicted octanol–water partition coefficient (Wildman–Crippen LogP) is 1.46. The molecule has 0 N–H and O–H groups in total. The molecule has 4 nitrogen and oxygen atoms in total. The molecule has 2 heterocycles. The van der Waals surface area contributed by atoms with E-state index in [9.17, 15) is 9.59 Å². The van der Waals surface area contributed by atoms with Crippen molar-refractivity contribution in [1.82, 2.24) is 4.98 Å². The summed E-state index contributed by atoms with van der Waals surface area (Å²) in [5, 5.41) is 1.74. The molecule has 1 aliphatic rings. The minimum atomic E-state index is -0.505. The van der Waals surface area contributed by atoms with Gasteiger partial charge in [0, 0.05) is 5.38 Å². The highest BCUT2D eigenvalue weighted by Gasteiger charge is 2.36. The molecule has 68 valence electrons. The molecule has 0 radical (unpaired) electrons. The molecule has 1 aromatic heterocycles. The van der Waals surface area contributed by atoms with Gasteiger partial charge in [0.2, 0.25) is 0 Å². The van der Waals surface area contributed by atoms with Crippen molar-refractivity contribution < 1.29 is 14.3 Å². The number of nitrogens with zero attached hydrogens (tertiary/aromatic N) is 1. The van der Waals surface area contributed by atoms with Crippen LogP contribution in [0.1, 0.15) is 18.0 Å². The third kappa shape index (κ3) is 1.64. The largest absolute Gasteiger partial charge is 0.393 e. The first kappa shape index (κ1) is 8.83. The normalized spacial score (nSPS) is 22.1. The van der Waals surface area contributed by atoms with E-state index in [1.165, 1.54) is 11.3 Å². The van der Waals surface area contributed by atoms with Crippen molar-refractivity contribution in [2.45, 2.75) is 12.3 Å². The van der Waals surface area contributed by atoms with Gasteiger partial charge in [0.25, 0.3) is 0 Å². The topological polar surface area (TPSA) is 56.3 Å². The summed E-state index contributed by atoms with van der Waals surface area (Å²) < 4.78 is 5.11. The van der Waals surface area contributed by atoms with Crippen molar-refractivity contribution in [2.24, 2.45) is 0 Å². The molecular weight excluding hydrogens is 258 g/mol. The Morgan fingerprint density at radius 1 is 1.62 bits per heavy atom. The first-order valence-electron chi connectivity index (χ1n) is 3.52. The summed E-state index contributed by atoms with van der Waals surface area (Å²) in [4.78, 5) is 25.9. The SMILES string of the molecule is O=C1CC(c2csc(Br)n2)C(=O)O1. The summed E-state index contributed by atoms with van der Waals surface area (Å²) in [7, 11) is 0. The molecule has 1 saturated heterocycles. The first-order valence-corrected chi connectivity index (χ1v) is 5.19. The maximum absolute atomic E-state index is 11.1. The van der Waals surface area contributed by atoms with Crippen molar-refractivity contribution in [2.75, 3.05) is 0 Å². The number of rotatable bonds is 1.